The van der Waals surface area contributed by atoms with Crippen LogP contribution in [0.15, 0.2) is 23.1 Å². The van der Waals surface area contributed by atoms with Crippen LogP contribution >= 0.6 is 0 Å². The zero-order valence-corrected chi connectivity index (χ0v) is 12.9. The summed E-state index contributed by atoms with van der Waals surface area (Å²) in [5.74, 6) is 0.141. The Morgan fingerprint density at radius 3 is 2.67 bits per heavy atom. The molecule has 0 unspecified atom stereocenters. The van der Waals surface area contributed by atoms with E-state index in [0.717, 1.165) is 0 Å². The van der Waals surface area contributed by atoms with Crippen LogP contribution in [0.5, 0.6) is 5.75 Å². The van der Waals surface area contributed by atoms with Gasteiger partial charge in [0.15, 0.2) is 0 Å². The zero-order valence-electron chi connectivity index (χ0n) is 12.0. The number of ether oxygens (including phenoxy) is 1. The second-order valence-electron chi connectivity index (χ2n) is 4.24. The standard InChI is InChI=1S/C13H20N2O5S/c1-3-13(17)15-11-9-10(5-6-12(11)20-2)21(18,19)14-7-4-8-16/h5-6,9,14,16H,3-4,7-8H2,1-2H3,(H,15,17). The van der Waals surface area contributed by atoms with Gasteiger partial charge in [0.05, 0.1) is 17.7 Å². The quantitative estimate of drug-likeness (QED) is 0.613. The predicted octanol–water partition coefficient (Wildman–Crippen LogP) is 0.704. The number of anilines is 1. The number of nitrogens with one attached hydrogen (secondary N) is 2. The summed E-state index contributed by atoms with van der Waals surface area (Å²) in [6, 6.07) is 4.21. The van der Waals surface area contributed by atoms with Crippen LogP contribution < -0.4 is 14.8 Å². The van der Waals surface area contributed by atoms with Crippen molar-refractivity contribution < 1.29 is 23.1 Å². The Morgan fingerprint density at radius 1 is 1.38 bits per heavy atom. The van der Waals surface area contributed by atoms with Crippen LogP contribution in [0.2, 0.25) is 0 Å². The Bertz CT molecular complexity index is 586. The lowest BCUT2D eigenvalue weighted by molar-refractivity contribution is -0.115. The van der Waals surface area contributed by atoms with Crippen LogP contribution in [-0.4, -0.2) is 39.7 Å². The number of rotatable bonds is 8. The van der Waals surface area contributed by atoms with Crippen molar-refractivity contribution in [3.63, 3.8) is 0 Å². The molecule has 118 valence electrons. The molecule has 21 heavy (non-hydrogen) atoms. The molecule has 3 N–H and O–H groups in total. The highest BCUT2D eigenvalue weighted by atomic mass is 32.2. The molecular formula is C13H20N2O5S. The molecule has 0 saturated carbocycles. The van der Waals surface area contributed by atoms with Crippen molar-refractivity contribution in [1.29, 1.82) is 0 Å². The number of hydrogen-bond donors (Lipinski definition) is 3. The number of methoxy groups -OCH3 is 1. The van der Waals surface area contributed by atoms with Crippen LogP contribution in [0.3, 0.4) is 0 Å². The highest BCUT2D eigenvalue weighted by molar-refractivity contribution is 7.89. The first-order valence-corrected chi connectivity index (χ1v) is 8.01. The summed E-state index contributed by atoms with van der Waals surface area (Å²) >= 11 is 0. The van der Waals surface area contributed by atoms with E-state index in [1.54, 1.807) is 6.92 Å². The summed E-state index contributed by atoms with van der Waals surface area (Å²) in [7, 11) is -2.26. The fraction of sp³-hybridized carbons (Fsp3) is 0.462. The second kappa shape index (κ2) is 7.96. The minimum atomic E-state index is -3.69. The van der Waals surface area contributed by atoms with Crippen LogP contribution in [0.4, 0.5) is 5.69 Å². The molecule has 8 heteroatoms. The highest BCUT2D eigenvalue weighted by Gasteiger charge is 2.16. The number of hydrogen-bond acceptors (Lipinski definition) is 5. The van der Waals surface area contributed by atoms with Crippen molar-refractivity contribution in [2.45, 2.75) is 24.7 Å². The number of benzene rings is 1. The molecular weight excluding hydrogens is 296 g/mol. The van der Waals surface area contributed by atoms with Crippen molar-refractivity contribution in [2.75, 3.05) is 25.6 Å². The van der Waals surface area contributed by atoms with Gasteiger partial charge in [0.1, 0.15) is 5.75 Å². The predicted molar refractivity (Wildman–Crippen MR) is 78.8 cm³/mol. The van der Waals surface area contributed by atoms with E-state index >= 15 is 0 Å². The highest BCUT2D eigenvalue weighted by Crippen LogP contribution is 2.27. The van der Waals surface area contributed by atoms with Gasteiger partial charge in [-0.05, 0) is 24.6 Å². The average Bonchev–Trinajstić information content (AvgIpc) is 2.47. The molecule has 1 rings (SSSR count). The lowest BCUT2D eigenvalue weighted by atomic mass is 10.3. The van der Waals surface area contributed by atoms with Crippen molar-refractivity contribution in [3.05, 3.63) is 18.2 Å². The summed E-state index contributed by atoms with van der Waals surface area (Å²) in [5.41, 5.74) is 0.300. The molecule has 0 aromatic heterocycles. The molecule has 0 bridgehead atoms. The molecule has 0 saturated heterocycles. The Balaban J connectivity index is 3.03. The Hall–Kier alpha value is -1.64. The van der Waals surface area contributed by atoms with Gasteiger partial charge in [-0.1, -0.05) is 6.92 Å². The number of aliphatic hydroxyl groups excluding tert-OH is 1. The van der Waals surface area contributed by atoms with Gasteiger partial charge in [0.2, 0.25) is 15.9 Å². The number of carbonyl (C=O) groups excluding carboxylic acids is 1. The monoisotopic (exact) mass is 316 g/mol. The van der Waals surface area contributed by atoms with Crippen molar-refractivity contribution in [2.24, 2.45) is 0 Å². The van der Waals surface area contributed by atoms with E-state index in [1.165, 1.54) is 25.3 Å². The van der Waals surface area contributed by atoms with Gasteiger partial charge in [-0.3, -0.25) is 4.79 Å². The van der Waals surface area contributed by atoms with Gasteiger partial charge in [-0.25, -0.2) is 13.1 Å². The Kier molecular flexibility index (Phi) is 6.60. The molecule has 0 aliphatic rings. The average molecular weight is 316 g/mol. The van der Waals surface area contributed by atoms with E-state index in [0.29, 0.717) is 17.9 Å². The smallest absolute Gasteiger partial charge is 0.240 e. The SMILES string of the molecule is CCC(=O)Nc1cc(S(=O)(=O)NCCCO)ccc1OC. The first-order valence-electron chi connectivity index (χ1n) is 6.53. The van der Waals surface area contributed by atoms with Crippen molar-refractivity contribution in [3.8, 4) is 5.75 Å². The molecule has 0 aliphatic heterocycles. The van der Waals surface area contributed by atoms with E-state index in [-0.39, 0.29) is 30.4 Å². The third-order valence-electron chi connectivity index (χ3n) is 2.70. The van der Waals surface area contributed by atoms with Crippen LogP contribution in [0.1, 0.15) is 19.8 Å². The molecule has 7 nitrogen and oxygen atoms in total. The fourth-order valence-electron chi connectivity index (χ4n) is 1.56. The summed E-state index contributed by atoms with van der Waals surface area (Å²) in [6.45, 7) is 1.74. The summed E-state index contributed by atoms with van der Waals surface area (Å²) in [5, 5.41) is 11.3. The molecule has 0 aliphatic carbocycles. The largest absolute Gasteiger partial charge is 0.495 e. The first kappa shape index (κ1) is 17.4. The maximum absolute atomic E-state index is 12.1. The van der Waals surface area contributed by atoms with E-state index in [1.807, 2.05) is 0 Å². The molecule has 1 aromatic rings. The van der Waals surface area contributed by atoms with E-state index in [2.05, 4.69) is 10.0 Å². The van der Waals surface area contributed by atoms with Gasteiger partial charge in [-0.2, -0.15) is 0 Å². The van der Waals surface area contributed by atoms with Gasteiger partial charge >= 0.3 is 0 Å². The third-order valence-corrected chi connectivity index (χ3v) is 4.16. The molecule has 1 amide bonds. The summed E-state index contributed by atoms with van der Waals surface area (Å²) in [4.78, 5) is 11.5. The minimum absolute atomic E-state index is 0.0210. The van der Waals surface area contributed by atoms with E-state index in [9.17, 15) is 13.2 Å². The number of aliphatic hydroxyl groups is 1. The van der Waals surface area contributed by atoms with Crippen LogP contribution in [0.25, 0.3) is 0 Å². The van der Waals surface area contributed by atoms with Crippen molar-refractivity contribution in [1.82, 2.24) is 4.72 Å². The maximum Gasteiger partial charge on any atom is 0.240 e. The maximum atomic E-state index is 12.1. The lowest BCUT2D eigenvalue weighted by Gasteiger charge is -2.12. The van der Waals surface area contributed by atoms with Gasteiger partial charge in [0.25, 0.3) is 0 Å². The Morgan fingerprint density at radius 2 is 2.10 bits per heavy atom. The van der Waals surface area contributed by atoms with E-state index < -0.39 is 10.0 Å². The summed E-state index contributed by atoms with van der Waals surface area (Å²) < 4.78 is 31.6. The number of amides is 1. The topological polar surface area (TPSA) is 105 Å². The van der Waals surface area contributed by atoms with Gasteiger partial charge in [-0.15, -0.1) is 0 Å². The van der Waals surface area contributed by atoms with Crippen molar-refractivity contribution >= 4 is 21.6 Å². The van der Waals surface area contributed by atoms with Gasteiger partial charge in [0, 0.05) is 19.6 Å². The van der Waals surface area contributed by atoms with Gasteiger partial charge < -0.3 is 15.2 Å². The van der Waals surface area contributed by atoms with E-state index in [4.69, 9.17) is 9.84 Å². The second-order valence-corrected chi connectivity index (χ2v) is 6.01. The molecule has 0 heterocycles. The third kappa shape index (κ3) is 5.00. The molecule has 1 aromatic carbocycles. The Labute approximate surface area is 124 Å². The molecule has 0 fully saturated rings. The number of sulfonamides is 1. The fourth-order valence-corrected chi connectivity index (χ4v) is 2.66. The molecule has 0 radical (unpaired) electrons. The minimum Gasteiger partial charge on any atom is -0.495 e. The lowest BCUT2D eigenvalue weighted by Crippen LogP contribution is -2.25. The number of carbonyl (C=O) groups is 1. The first-order chi connectivity index (χ1) is 9.94. The van der Waals surface area contributed by atoms with Crippen LogP contribution in [0, 0.1) is 0 Å². The van der Waals surface area contributed by atoms with Crippen LogP contribution in [-0.2, 0) is 14.8 Å². The summed E-state index contributed by atoms with van der Waals surface area (Å²) in [6.07, 6.45) is 0.601. The normalized spacial score (nSPS) is 11.2. The zero-order chi connectivity index (χ0) is 15.9. The molecule has 0 spiro atoms. The molecule has 0 atom stereocenters.